The van der Waals surface area contributed by atoms with E-state index in [1.54, 1.807) is 0 Å². The molecule has 0 radical (unpaired) electrons. The summed E-state index contributed by atoms with van der Waals surface area (Å²) in [6.07, 6.45) is 40.9. The van der Waals surface area contributed by atoms with Crippen LogP contribution in [0.5, 0.6) is 0 Å². The van der Waals surface area contributed by atoms with Gasteiger partial charge in [0.1, 0.15) is 0 Å². The second-order valence-electron chi connectivity index (χ2n) is 30.6. The predicted octanol–water partition coefficient (Wildman–Crippen LogP) is 27.9. The molecule has 558 valence electrons. The maximum absolute atomic E-state index is 6.19. The second-order valence-corrected chi connectivity index (χ2v) is 30.6. The van der Waals surface area contributed by atoms with Crippen LogP contribution < -0.4 is 9.97 Å². The molecular formula is C98H116N8Ni. The Morgan fingerprint density at radius 1 is 0.196 bits per heavy atom. The molecule has 0 saturated heterocycles. The fraction of sp³-hybridized carbons (Fsp3) is 0.429. The Morgan fingerprint density at radius 2 is 0.402 bits per heavy atom. The molecular weight excluding hydrogens is 1350 g/mol. The van der Waals surface area contributed by atoms with Crippen LogP contribution in [0, 0.1) is 0 Å². The van der Waals surface area contributed by atoms with E-state index >= 15 is 0 Å². The maximum atomic E-state index is 6.19. The molecule has 9 heteroatoms. The largest absolute Gasteiger partial charge is 2.00 e. The first kappa shape index (κ1) is 78.2. The van der Waals surface area contributed by atoms with Gasteiger partial charge in [-0.05, 0) is 166 Å². The van der Waals surface area contributed by atoms with Gasteiger partial charge in [-0.2, -0.15) is 0 Å². The summed E-state index contributed by atoms with van der Waals surface area (Å²) >= 11 is 0. The number of benzene rings is 8. The van der Waals surface area contributed by atoms with E-state index in [0.29, 0.717) is 45.9 Å². The number of hydrogen-bond acceptors (Lipinski definition) is 6. The van der Waals surface area contributed by atoms with Gasteiger partial charge in [-0.25, -0.2) is 9.97 Å². The molecule has 0 saturated carbocycles. The first-order valence-corrected chi connectivity index (χ1v) is 42.1. The molecule has 0 fully saturated rings. The number of rotatable bonds is 40. The van der Waals surface area contributed by atoms with Crippen LogP contribution in [0.25, 0.3) is 134 Å². The Balaban J connectivity index is 0.0000107. The van der Waals surface area contributed by atoms with Crippen LogP contribution in [-0.4, -0.2) is 29.9 Å². The van der Waals surface area contributed by atoms with Crippen molar-refractivity contribution in [3.63, 3.8) is 0 Å². The number of aromatic nitrogens is 8. The van der Waals surface area contributed by atoms with E-state index in [2.05, 4.69) is 199 Å². The Morgan fingerprint density at radius 3 is 0.645 bits per heavy atom. The minimum atomic E-state index is 0. The molecule has 0 spiro atoms. The monoisotopic (exact) mass is 1460 g/mol. The molecule has 11 aromatic rings. The molecule has 2 aliphatic rings. The molecule has 0 unspecified atom stereocenters. The number of fused-ring (bicyclic) bond motifs is 20. The van der Waals surface area contributed by atoms with Crippen LogP contribution in [0.15, 0.2) is 158 Å². The fourth-order valence-electron chi connectivity index (χ4n) is 17.0. The molecule has 2 aliphatic heterocycles. The topological polar surface area (TPSA) is 106 Å². The summed E-state index contributed by atoms with van der Waals surface area (Å²) in [4.78, 5) is 48.5. The quantitative estimate of drug-likeness (QED) is 0.0276. The zero-order valence-electron chi connectivity index (χ0n) is 65.4. The molecule has 8 nitrogen and oxygen atoms in total. The Kier molecular flexibility index (Phi) is 29.0. The molecule has 0 atom stereocenters. The zero-order valence-corrected chi connectivity index (χ0v) is 66.3. The van der Waals surface area contributed by atoms with Crippen molar-refractivity contribution in [3.8, 4) is 90.1 Å². The fourth-order valence-corrected chi connectivity index (χ4v) is 17.0. The van der Waals surface area contributed by atoms with Crippen LogP contribution in [0.3, 0.4) is 0 Å². The molecule has 8 aromatic carbocycles. The second kappa shape index (κ2) is 39.6. The standard InChI is InChI=1S/C98H116N8.Ni/c1-7-13-19-25-35-57-73-63-64-74(58-36-26-20-14-8-2)84-83(73)91-99-92(84)101-94-86-76(60-38-28-22-16-10-4)66-68-78(62-40-30-24-18-12-6)88(86)96(103-94)105-98-90-82(72-55-47-34-48-56-72)80(70-51-43-32-44-52-70)79(69-49-41-31-42-50-69)81(71-53-45-33-46-54-71)89(90)97(106-98)104-95-87-77(61-39-29-23-17-11-5)67-65-75(59-37-27-21-15-9-3)85(87)93(100-91)102-95;/h31-34,41-56,63-68H,7-30,35-40,57-62H2,1-6H3;/q-2;+2. The van der Waals surface area contributed by atoms with E-state index in [-0.39, 0.29) is 16.5 Å². The molecule has 0 amide bonds. The van der Waals surface area contributed by atoms with Crippen LogP contribution in [-0.2, 0) is 55.0 Å². The van der Waals surface area contributed by atoms with E-state index < -0.39 is 0 Å². The Hall–Kier alpha value is -8.39. The van der Waals surface area contributed by atoms with E-state index in [0.717, 1.165) is 178 Å². The number of nitrogens with zero attached hydrogens (tertiary/aromatic N) is 8. The Labute approximate surface area is 650 Å². The van der Waals surface area contributed by atoms with Crippen molar-refractivity contribution in [2.75, 3.05) is 0 Å². The van der Waals surface area contributed by atoms with Gasteiger partial charge in [0.15, 0.2) is 0 Å². The third-order valence-electron chi connectivity index (χ3n) is 22.7. The van der Waals surface area contributed by atoms with Crippen molar-refractivity contribution in [1.82, 2.24) is 39.9 Å². The van der Waals surface area contributed by atoms with Crippen molar-refractivity contribution >= 4 is 44.1 Å². The van der Waals surface area contributed by atoms with Crippen molar-refractivity contribution < 1.29 is 16.5 Å². The number of unbranched alkanes of at least 4 members (excludes halogenated alkanes) is 24. The van der Waals surface area contributed by atoms with Gasteiger partial charge >= 0.3 is 16.5 Å². The van der Waals surface area contributed by atoms with Gasteiger partial charge in [-0.15, -0.1) is 0 Å². The first-order chi connectivity index (χ1) is 52.4. The molecule has 0 aliphatic carbocycles. The Bertz CT molecular complexity index is 4560. The van der Waals surface area contributed by atoms with E-state index in [1.807, 2.05) is 0 Å². The normalized spacial score (nSPS) is 11.8. The van der Waals surface area contributed by atoms with Crippen molar-refractivity contribution in [3.05, 3.63) is 191 Å². The molecule has 5 heterocycles. The maximum Gasteiger partial charge on any atom is 2.00 e. The van der Waals surface area contributed by atoms with Crippen molar-refractivity contribution in [2.24, 2.45) is 0 Å². The van der Waals surface area contributed by atoms with E-state index in [1.165, 1.54) is 175 Å². The minimum absolute atomic E-state index is 0. The van der Waals surface area contributed by atoms with Crippen LogP contribution >= 0.6 is 0 Å². The molecule has 13 rings (SSSR count). The minimum Gasteiger partial charge on any atom is -0.357 e. The SMILES string of the molecule is CCCCCCCc1ccc(CCCCCCC)c2c1-c1nc-2nc2[n-]c(nc3nc(nc4[n-]c(n1)c1c(CCCCCCC)ccc(CCCCCCC)c41)-c1c(CCCCCCC)ccc(CCCCCCC)c1-3)c1c(-c3ccccc3)c(-c3ccccc3)c(-c3ccccc3)c(-c3ccccc3)c21.[Ni+2]. The molecule has 107 heavy (non-hydrogen) atoms. The van der Waals surface area contributed by atoms with E-state index in [9.17, 15) is 0 Å². The van der Waals surface area contributed by atoms with Crippen LogP contribution in [0.1, 0.15) is 268 Å². The van der Waals surface area contributed by atoms with Gasteiger partial charge in [0.25, 0.3) is 0 Å². The van der Waals surface area contributed by atoms with Crippen LogP contribution in [0.2, 0.25) is 0 Å². The van der Waals surface area contributed by atoms with Crippen molar-refractivity contribution in [2.45, 2.75) is 273 Å². The molecule has 3 aromatic heterocycles. The average Bonchev–Trinajstić information content (AvgIpc) is 1.63. The van der Waals surface area contributed by atoms with Crippen molar-refractivity contribution in [1.29, 1.82) is 0 Å². The summed E-state index contributed by atoms with van der Waals surface area (Å²) in [5.74, 6) is 2.66. The summed E-state index contributed by atoms with van der Waals surface area (Å²) in [6.45, 7) is 13.9. The molecule has 8 bridgehead atoms. The number of aryl methyl sites for hydroxylation is 6. The summed E-state index contributed by atoms with van der Waals surface area (Å²) in [5.41, 5.74) is 23.2. The van der Waals surface area contributed by atoms with Gasteiger partial charge in [0, 0.05) is 55.6 Å². The number of hydrogen-bond donors (Lipinski definition) is 0. The first-order valence-electron chi connectivity index (χ1n) is 42.1. The van der Waals surface area contributed by atoms with Gasteiger partial charge in [-0.1, -0.05) is 353 Å². The van der Waals surface area contributed by atoms with E-state index in [4.69, 9.17) is 39.9 Å². The van der Waals surface area contributed by atoms with Gasteiger partial charge < -0.3 is 29.9 Å². The van der Waals surface area contributed by atoms with Crippen LogP contribution in [0.4, 0.5) is 0 Å². The zero-order chi connectivity index (χ0) is 72.8. The van der Waals surface area contributed by atoms with Gasteiger partial charge in [0.2, 0.25) is 0 Å². The molecule has 0 N–H and O–H groups in total. The third-order valence-corrected chi connectivity index (χ3v) is 22.7. The summed E-state index contributed by atoms with van der Waals surface area (Å²) in [5, 5.41) is 4.10. The smallest absolute Gasteiger partial charge is 0.357 e. The summed E-state index contributed by atoms with van der Waals surface area (Å²) in [6, 6.07) is 58.8. The average molecular weight is 1460 g/mol. The third kappa shape index (κ3) is 18.3. The van der Waals surface area contributed by atoms with Gasteiger partial charge in [-0.3, -0.25) is 0 Å². The van der Waals surface area contributed by atoms with Gasteiger partial charge in [0.05, 0.1) is 23.3 Å². The summed E-state index contributed by atoms with van der Waals surface area (Å²) in [7, 11) is 0. The predicted molar refractivity (Wildman–Crippen MR) is 451 cm³/mol. The summed E-state index contributed by atoms with van der Waals surface area (Å²) < 4.78 is 0.